The number of amides is 1. The van der Waals surface area contributed by atoms with Crippen molar-refractivity contribution in [3.8, 4) is 10.4 Å². The molecule has 1 N–H and O–H groups in total. The molecule has 0 bridgehead atoms. The summed E-state index contributed by atoms with van der Waals surface area (Å²) in [6.45, 7) is 1.76. The molecule has 8 heteroatoms. The minimum atomic E-state index is -3.07. The standard InChI is InChI=1S/C16H15Cl2NO3S2/c1-16(4-5-24(21,22)9-16)19-15(20)14-3-2-13(23-14)10-6-11(17)8-12(18)7-10/h2-3,6-8H,4-5,9H2,1H3,(H,19,20). The number of carbonyl (C=O) groups is 1. The van der Waals surface area contributed by atoms with E-state index in [-0.39, 0.29) is 17.4 Å². The minimum Gasteiger partial charge on any atom is -0.345 e. The van der Waals surface area contributed by atoms with Crippen LogP contribution < -0.4 is 5.32 Å². The van der Waals surface area contributed by atoms with Gasteiger partial charge in [0.1, 0.15) is 0 Å². The molecule has 1 saturated heterocycles. The summed E-state index contributed by atoms with van der Waals surface area (Å²) in [5, 5.41) is 3.91. The number of carbonyl (C=O) groups excluding carboxylic acids is 1. The quantitative estimate of drug-likeness (QED) is 0.840. The third kappa shape index (κ3) is 3.94. The maximum absolute atomic E-state index is 12.4. The van der Waals surface area contributed by atoms with Gasteiger partial charge in [0.25, 0.3) is 5.91 Å². The van der Waals surface area contributed by atoms with Crippen LogP contribution in [-0.4, -0.2) is 31.4 Å². The second-order valence-corrected chi connectivity index (χ2v) is 10.3. The molecule has 1 amide bonds. The first kappa shape index (κ1) is 17.7. The van der Waals surface area contributed by atoms with Gasteiger partial charge in [0, 0.05) is 14.9 Å². The van der Waals surface area contributed by atoms with Crippen molar-refractivity contribution in [3.05, 3.63) is 45.3 Å². The molecule has 0 aliphatic carbocycles. The number of thiophene rings is 1. The Morgan fingerprint density at radius 1 is 1.21 bits per heavy atom. The van der Waals surface area contributed by atoms with Gasteiger partial charge >= 0.3 is 0 Å². The van der Waals surface area contributed by atoms with E-state index in [9.17, 15) is 13.2 Å². The molecule has 3 rings (SSSR count). The number of benzene rings is 1. The highest BCUT2D eigenvalue weighted by Crippen LogP contribution is 2.33. The Kier molecular flexibility index (Phi) is 4.68. The van der Waals surface area contributed by atoms with Crippen LogP contribution in [0.4, 0.5) is 0 Å². The molecule has 2 aromatic rings. The molecule has 1 aromatic heterocycles. The lowest BCUT2D eigenvalue weighted by Gasteiger charge is -2.23. The fraction of sp³-hybridized carbons (Fsp3) is 0.312. The van der Waals surface area contributed by atoms with Gasteiger partial charge < -0.3 is 5.32 Å². The molecule has 1 aromatic carbocycles. The SMILES string of the molecule is CC1(NC(=O)c2ccc(-c3cc(Cl)cc(Cl)c3)s2)CCS(=O)(=O)C1. The van der Waals surface area contributed by atoms with Gasteiger partial charge in [-0.15, -0.1) is 11.3 Å². The summed E-state index contributed by atoms with van der Waals surface area (Å²) in [4.78, 5) is 13.8. The van der Waals surface area contributed by atoms with Gasteiger partial charge in [-0.3, -0.25) is 4.79 Å². The fourth-order valence-electron chi connectivity index (χ4n) is 2.76. The highest BCUT2D eigenvalue weighted by atomic mass is 35.5. The molecule has 0 saturated carbocycles. The lowest BCUT2D eigenvalue weighted by Crippen LogP contribution is -2.46. The summed E-state index contributed by atoms with van der Waals surface area (Å²) >= 11 is 13.3. The predicted molar refractivity (Wildman–Crippen MR) is 98.9 cm³/mol. The van der Waals surface area contributed by atoms with Gasteiger partial charge in [-0.05, 0) is 49.2 Å². The Morgan fingerprint density at radius 3 is 2.46 bits per heavy atom. The number of rotatable bonds is 3. The van der Waals surface area contributed by atoms with E-state index in [4.69, 9.17) is 23.2 Å². The normalized spacial score (nSPS) is 22.5. The summed E-state index contributed by atoms with van der Waals surface area (Å²) in [6, 6.07) is 8.76. The molecular formula is C16H15Cl2NO3S2. The largest absolute Gasteiger partial charge is 0.345 e. The number of hydrogen-bond acceptors (Lipinski definition) is 4. The van der Waals surface area contributed by atoms with Crippen LogP contribution in [0.25, 0.3) is 10.4 Å². The predicted octanol–water partition coefficient (Wildman–Crippen LogP) is 4.03. The van der Waals surface area contributed by atoms with Crippen LogP contribution in [0, 0.1) is 0 Å². The summed E-state index contributed by atoms with van der Waals surface area (Å²) in [5.41, 5.74) is 0.130. The maximum Gasteiger partial charge on any atom is 0.261 e. The van der Waals surface area contributed by atoms with Gasteiger partial charge in [-0.2, -0.15) is 0 Å². The fourth-order valence-corrected chi connectivity index (χ4v) is 6.26. The van der Waals surface area contributed by atoms with E-state index >= 15 is 0 Å². The monoisotopic (exact) mass is 403 g/mol. The van der Waals surface area contributed by atoms with Crippen LogP contribution in [0.2, 0.25) is 10.0 Å². The van der Waals surface area contributed by atoms with E-state index in [2.05, 4.69) is 5.32 Å². The van der Waals surface area contributed by atoms with Gasteiger partial charge in [0.05, 0.1) is 21.9 Å². The van der Waals surface area contributed by atoms with Crippen LogP contribution >= 0.6 is 34.5 Å². The van der Waals surface area contributed by atoms with Gasteiger partial charge in [-0.1, -0.05) is 23.2 Å². The molecule has 1 aliphatic rings. The second kappa shape index (κ2) is 6.33. The van der Waals surface area contributed by atoms with Crippen molar-refractivity contribution in [1.29, 1.82) is 0 Å². The number of nitrogens with one attached hydrogen (secondary N) is 1. The molecule has 2 heterocycles. The van der Waals surface area contributed by atoms with Crippen molar-refractivity contribution in [2.24, 2.45) is 0 Å². The van der Waals surface area contributed by atoms with Gasteiger partial charge in [0.2, 0.25) is 0 Å². The molecule has 1 fully saturated rings. The zero-order valence-electron chi connectivity index (χ0n) is 12.8. The summed E-state index contributed by atoms with van der Waals surface area (Å²) < 4.78 is 23.3. The number of halogens is 2. The summed E-state index contributed by atoms with van der Waals surface area (Å²) in [7, 11) is -3.07. The van der Waals surface area contributed by atoms with E-state index in [1.54, 1.807) is 31.2 Å². The minimum absolute atomic E-state index is 0.0200. The molecule has 0 spiro atoms. The third-order valence-corrected chi connectivity index (χ3v) is 7.37. The molecule has 4 nitrogen and oxygen atoms in total. The zero-order valence-corrected chi connectivity index (χ0v) is 16.0. The van der Waals surface area contributed by atoms with E-state index in [1.807, 2.05) is 6.07 Å². The van der Waals surface area contributed by atoms with Crippen molar-refractivity contribution in [1.82, 2.24) is 5.32 Å². The van der Waals surface area contributed by atoms with Crippen LogP contribution in [-0.2, 0) is 9.84 Å². The number of hydrogen-bond donors (Lipinski definition) is 1. The molecular weight excluding hydrogens is 389 g/mol. The van der Waals surface area contributed by atoms with Gasteiger partial charge in [0.15, 0.2) is 9.84 Å². The van der Waals surface area contributed by atoms with E-state index in [1.165, 1.54) is 11.3 Å². The third-order valence-electron chi connectivity index (χ3n) is 3.90. The molecule has 1 atom stereocenters. The first-order valence-electron chi connectivity index (χ1n) is 7.25. The maximum atomic E-state index is 12.4. The zero-order chi connectivity index (χ0) is 17.5. The van der Waals surface area contributed by atoms with Crippen molar-refractivity contribution in [2.75, 3.05) is 11.5 Å². The second-order valence-electron chi connectivity index (χ2n) is 6.18. The highest BCUT2D eigenvalue weighted by molar-refractivity contribution is 7.91. The lowest BCUT2D eigenvalue weighted by molar-refractivity contribution is 0.0919. The van der Waals surface area contributed by atoms with Crippen LogP contribution in [0.15, 0.2) is 30.3 Å². The lowest BCUT2D eigenvalue weighted by atomic mass is 10.0. The van der Waals surface area contributed by atoms with Crippen LogP contribution in [0.3, 0.4) is 0 Å². The average Bonchev–Trinajstić information content (AvgIpc) is 3.03. The molecule has 128 valence electrons. The summed E-state index contributed by atoms with van der Waals surface area (Å²) in [5.74, 6) is -0.173. The Bertz CT molecular complexity index is 888. The highest BCUT2D eigenvalue weighted by Gasteiger charge is 2.39. The van der Waals surface area contributed by atoms with Gasteiger partial charge in [-0.25, -0.2) is 8.42 Å². The smallest absolute Gasteiger partial charge is 0.261 e. The van der Waals surface area contributed by atoms with E-state index < -0.39 is 15.4 Å². The Labute approximate surface area is 154 Å². The molecule has 1 aliphatic heterocycles. The first-order valence-corrected chi connectivity index (χ1v) is 10.6. The Morgan fingerprint density at radius 2 is 1.88 bits per heavy atom. The average molecular weight is 404 g/mol. The molecule has 0 radical (unpaired) electrons. The van der Waals surface area contributed by atoms with E-state index in [0.29, 0.717) is 21.3 Å². The molecule has 24 heavy (non-hydrogen) atoms. The van der Waals surface area contributed by atoms with Crippen molar-refractivity contribution in [2.45, 2.75) is 18.9 Å². The van der Waals surface area contributed by atoms with Crippen molar-refractivity contribution < 1.29 is 13.2 Å². The summed E-state index contributed by atoms with van der Waals surface area (Å²) in [6.07, 6.45) is 0.434. The topological polar surface area (TPSA) is 63.2 Å². The van der Waals surface area contributed by atoms with E-state index in [0.717, 1.165) is 10.4 Å². The Balaban J connectivity index is 1.79. The Hall–Kier alpha value is -1.08. The van der Waals surface area contributed by atoms with Crippen molar-refractivity contribution >= 4 is 50.3 Å². The van der Waals surface area contributed by atoms with Crippen LogP contribution in [0.5, 0.6) is 0 Å². The van der Waals surface area contributed by atoms with Crippen molar-refractivity contribution in [3.63, 3.8) is 0 Å². The first-order chi connectivity index (χ1) is 11.2. The molecule has 1 unspecified atom stereocenters. The number of sulfone groups is 1. The van der Waals surface area contributed by atoms with Crippen LogP contribution in [0.1, 0.15) is 23.0 Å².